The van der Waals surface area contributed by atoms with E-state index < -0.39 is 0 Å². The number of benzene rings is 2. The summed E-state index contributed by atoms with van der Waals surface area (Å²) in [7, 11) is 0. The number of amides is 1. The molecule has 0 unspecified atom stereocenters. The first-order valence-electron chi connectivity index (χ1n) is 10.8. The molecular weight excluding hydrogens is 402 g/mol. The van der Waals surface area contributed by atoms with Gasteiger partial charge in [-0.05, 0) is 60.7 Å². The van der Waals surface area contributed by atoms with Crippen LogP contribution in [0.2, 0.25) is 0 Å². The second-order valence-corrected chi connectivity index (χ2v) is 8.35. The van der Waals surface area contributed by atoms with Gasteiger partial charge in [0.15, 0.2) is 0 Å². The Kier molecular flexibility index (Phi) is 4.85. The van der Waals surface area contributed by atoms with Gasteiger partial charge >= 0.3 is 0 Å². The fourth-order valence-electron chi connectivity index (χ4n) is 4.66. The van der Waals surface area contributed by atoms with E-state index in [9.17, 15) is 9.90 Å². The predicted octanol–water partition coefficient (Wildman–Crippen LogP) is 5.30. The summed E-state index contributed by atoms with van der Waals surface area (Å²) in [6.07, 6.45) is 2.56. The quantitative estimate of drug-likeness (QED) is 0.453. The van der Waals surface area contributed by atoms with Crippen molar-refractivity contribution in [3.05, 3.63) is 94.1 Å². The Morgan fingerprint density at radius 1 is 1.16 bits per heavy atom. The highest BCUT2D eigenvalue weighted by Gasteiger charge is 2.43. The fourth-order valence-corrected chi connectivity index (χ4v) is 4.66. The summed E-state index contributed by atoms with van der Waals surface area (Å²) in [5.41, 5.74) is 6.60. The maximum Gasteiger partial charge on any atom is 0.273 e. The Morgan fingerprint density at radius 2 is 1.94 bits per heavy atom. The van der Waals surface area contributed by atoms with Crippen molar-refractivity contribution >= 4 is 5.91 Å². The van der Waals surface area contributed by atoms with E-state index in [0.717, 1.165) is 28.7 Å². The van der Waals surface area contributed by atoms with E-state index in [1.54, 1.807) is 17.2 Å². The summed E-state index contributed by atoms with van der Waals surface area (Å²) in [5, 5.41) is 18.2. The van der Waals surface area contributed by atoms with Crippen molar-refractivity contribution < 1.29 is 14.3 Å². The monoisotopic (exact) mass is 427 g/mol. The van der Waals surface area contributed by atoms with Crippen molar-refractivity contribution in [2.24, 2.45) is 0 Å². The molecule has 1 amide bonds. The normalized spacial score (nSPS) is 15.4. The molecule has 1 aliphatic heterocycles. The van der Waals surface area contributed by atoms with E-state index in [1.807, 2.05) is 32.0 Å². The maximum absolute atomic E-state index is 13.4. The summed E-state index contributed by atoms with van der Waals surface area (Å²) in [5.74, 6) is 0.736. The molecular formula is C26H25N3O3. The van der Waals surface area contributed by atoms with Crippen LogP contribution in [0.1, 0.15) is 57.0 Å². The molecule has 1 atom stereocenters. The van der Waals surface area contributed by atoms with Crippen molar-refractivity contribution in [3.63, 3.8) is 0 Å². The third-order valence-corrected chi connectivity index (χ3v) is 6.17. The number of rotatable bonds is 5. The van der Waals surface area contributed by atoms with Gasteiger partial charge in [0, 0.05) is 11.1 Å². The van der Waals surface area contributed by atoms with Crippen LogP contribution in [0.25, 0.3) is 11.3 Å². The van der Waals surface area contributed by atoms with Crippen molar-refractivity contribution in [2.45, 2.75) is 39.8 Å². The highest BCUT2D eigenvalue weighted by atomic mass is 16.3. The minimum atomic E-state index is -0.345. The molecule has 2 aromatic heterocycles. The molecule has 0 saturated heterocycles. The number of aryl methyl sites for hydroxylation is 3. The van der Waals surface area contributed by atoms with Gasteiger partial charge in [0.2, 0.25) is 0 Å². The highest BCUT2D eigenvalue weighted by molar-refractivity contribution is 6.00. The molecule has 162 valence electrons. The number of carbonyl (C=O) groups is 1. The largest absolute Gasteiger partial charge is 0.507 e. The zero-order valence-electron chi connectivity index (χ0n) is 18.3. The number of furan rings is 1. The third kappa shape index (κ3) is 3.19. The molecule has 2 aromatic carbocycles. The molecule has 1 aliphatic rings. The molecule has 0 saturated carbocycles. The second kappa shape index (κ2) is 7.71. The molecule has 0 bridgehead atoms. The lowest BCUT2D eigenvalue weighted by Crippen LogP contribution is -2.29. The van der Waals surface area contributed by atoms with Gasteiger partial charge in [0.05, 0.1) is 18.8 Å². The van der Waals surface area contributed by atoms with Gasteiger partial charge in [0.25, 0.3) is 5.91 Å². The summed E-state index contributed by atoms with van der Waals surface area (Å²) in [6, 6.07) is 15.4. The van der Waals surface area contributed by atoms with Crippen LogP contribution in [0.4, 0.5) is 0 Å². The van der Waals surface area contributed by atoms with Gasteiger partial charge < -0.3 is 14.4 Å². The number of H-pyrrole nitrogens is 1. The van der Waals surface area contributed by atoms with Crippen LogP contribution in [0, 0.1) is 13.8 Å². The highest BCUT2D eigenvalue weighted by Crippen LogP contribution is 2.46. The number of nitrogens with zero attached hydrogens (tertiary/aromatic N) is 2. The summed E-state index contributed by atoms with van der Waals surface area (Å²) in [6.45, 7) is 6.35. The molecule has 4 aromatic rings. The molecule has 0 fully saturated rings. The van der Waals surface area contributed by atoms with Crippen molar-refractivity contribution in [1.82, 2.24) is 15.1 Å². The SMILES string of the molecule is CCc1ccc([C@H]2c3c(-c4c(C)cc(C)cc4O)n[nH]c3C(=O)N2Cc2ccco2)cc1. The molecule has 0 aliphatic carbocycles. The zero-order valence-corrected chi connectivity index (χ0v) is 18.3. The van der Waals surface area contributed by atoms with Gasteiger partial charge in [-0.3, -0.25) is 9.89 Å². The van der Waals surface area contributed by atoms with Crippen LogP contribution in [-0.2, 0) is 13.0 Å². The molecule has 2 N–H and O–H groups in total. The zero-order chi connectivity index (χ0) is 22.4. The van der Waals surface area contributed by atoms with Crippen LogP contribution in [0.3, 0.4) is 0 Å². The summed E-state index contributed by atoms with van der Waals surface area (Å²) in [4.78, 5) is 15.2. The predicted molar refractivity (Wildman–Crippen MR) is 121 cm³/mol. The first kappa shape index (κ1) is 20.1. The Morgan fingerprint density at radius 3 is 2.59 bits per heavy atom. The van der Waals surface area contributed by atoms with E-state index in [-0.39, 0.29) is 17.7 Å². The van der Waals surface area contributed by atoms with Gasteiger partial charge in [-0.1, -0.05) is 37.3 Å². The van der Waals surface area contributed by atoms with Crippen LogP contribution in [0.15, 0.2) is 59.2 Å². The number of hydrogen-bond acceptors (Lipinski definition) is 4. The van der Waals surface area contributed by atoms with Gasteiger partial charge in [-0.15, -0.1) is 0 Å². The standard InChI is InChI=1S/C26H25N3O3/c1-4-17-7-9-18(10-8-17)25-22-23(21-16(3)12-15(2)13-20(21)30)27-28-24(22)26(31)29(25)14-19-6-5-11-32-19/h5-13,25,30H,4,14H2,1-3H3,(H,27,28)/t25-/m0/s1. The number of aromatic hydroxyl groups is 1. The lowest BCUT2D eigenvalue weighted by atomic mass is 9.92. The molecule has 5 rings (SSSR count). The number of fused-ring (bicyclic) bond motifs is 1. The van der Waals surface area contributed by atoms with E-state index in [2.05, 4.69) is 41.4 Å². The Bertz CT molecular complexity index is 1260. The van der Waals surface area contributed by atoms with E-state index >= 15 is 0 Å². The Labute approximate surface area is 186 Å². The third-order valence-electron chi connectivity index (χ3n) is 6.17. The Hall–Kier alpha value is -3.80. The molecule has 0 spiro atoms. The molecule has 32 heavy (non-hydrogen) atoms. The second-order valence-electron chi connectivity index (χ2n) is 8.35. The molecule has 6 nitrogen and oxygen atoms in total. The lowest BCUT2D eigenvalue weighted by Gasteiger charge is -2.26. The van der Waals surface area contributed by atoms with E-state index in [0.29, 0.717) is 29.3 Å². The Balaban J connectivity index is 1.69. The number of phenols is 1. The topological polar surface area (TPSA) is 82.4 Å². The van der Waals surface area contributed by atoms with Crippen molar-refractivity contribution in [3.8, 4) is 17.0 Å². The van der Waals surface area contributed by atoms with E-state index in [1.165, 1.54) is 5.56 Å². The average molecular weight is 428 g/mol. The van der Waals surface area contributed by atoms with Crippen LogP contribution in [0.5, 0.6) is 5.75 Å². The molecule has 3 heterocycles. The smallest absolute Gasteiger partial charge is 0.273 e. The van der Waals surface area contributed by atoms with Crippen LogP contribution >= 0.6 is 0 Å². The minimum Gasteiger partial charge on any atom is -0.507 e. The number of phenolic OH excluding ortho intramolecular Hbond substituents is 1. The number of nitrogens with one attached hydrogen (secondary N) is 1. The fraction of sp³-hybridized carbons (Fsp3) is 0.231. The number of carbonyl (C=O) groups excluding carboxylic acids is 1. The molecule has 0 radical (unpaired) electrons. The summed E-state index contributed by atoms with van der Waals surface area (Å²) < 4.78 is 5.55. The summed E-state index contributed by atoms with van der Waals surface area (Å²) >= 11 is 0. The number of aromatic nitrogens is 2. The lowest BCUT2D eigenvalue weighted by molar-refractivity contribution is 0.0717. The van der Waals surface area contributed by atoms with Crippen LogP contribution < -0.4 is 0 Å². The van der Waals surface area contributed by atoms with Gasteiger partial charge in [-0.25, -0.2) is 0 Å². The first-order valence-corrected chi connectivity index (χ1v) is 10.8. The maximum atomic E-state index is 13.4. The molecule has 6 heteroatoms. The van der Waals surface area contributed by atoms with E-state index in [4.69, 9.17) is 4.42 Å². The van der Waals surface area contributed by atoms with Gasteiger partial charge in [-0.2, -0.15) is 5.10 Å². The number of aromatic amines is 1. The average Bonchev–Trinajstić information content (AvgIpc) is 3.48. The van der Waals surface area contributed by atoms with Crippen LogP contribution in [-0.4, -0.2) is 26.1 Å². The van der Waals surface area contributed by atoms with Gasteiger partial charge in [0.1, 0.15) is 22.9 Å². The minimum absolute atomic E-state index is 0.135. The number of hydrogen-bond donors (Lipinski definition) is 2. The first-order chi connectivity index (χ1) is 15.5. The van der Waals surface area contributed by atoms with Crippen molar-refractivity contribution in [1.29, 1.82) is 0 Å². The van der Waals surface area contributed by atoms with Crippen molar-refractivity contribution in [2.75, 3.05) is 0 Å².